The van der Waals surface area contributed by atoms with Gasteiger partial charge in [0.25, 0.3) is 0 Å². The van der Waals surface area contributed by atoms with Crippen molar-refractivity contribution in [2.75, 3.05) is 6.61 Å². The minimum absolute atomic E-state index is 0.376. The summed E-state index contributed by atoms with van der Waals surface area (Å²) in [6.07, 6.45) is 1.27. The molecular formula is C10H15ClN2O3. The van der Waals surface area contributed by atoms with Gasteiger partial charge in [-0.1, -0.05) is 11.6 Å². The molecule has 0 radical (unpaired) electrons. The van der Waals surface area contributed by atoms with Crippen molar-refractivity contribution in [3.8, 4) is 0 Å². The number of nitrogens with zero attached hydrogens (tertiary/aromatic N) is 2. The summed E-state index contributed by atoms with van der Waals surface area (Å²) in [5.74, 6) is -0.947. The molecule has 90 valence electrons. The number of carbonyl (C=O) groups is 1. The molecule has 0 spiro atoms. The van der Waals surface area contributed by atoms with Crippen molar-refractivity contribution in [3.05, 3.63) is 16.9 Å². The van der Waals surface area contributed by atoms with Crippen LogP contribution < -0.4 is 0 Å². The van der Waals surface area contributed by atoms with Gasteiger partial charge in [0, 0.05) is 25.8 Å². The second-order valence-corrected chi connectivity index (χ2v) is 3.80. The van der Waals surface area contributed by atoms with Gasteiger partial charge in [0.1, 0.15) is 0 Å². The maximum Gasteiger partial charge on any atom is 0.332 e. The normalized spacial score (nSPS) is 12.7. The van der Waals surface area contributed by atoms with Crippen LogP contribution in [0.25, 0.3) is 0 Å². The summed E-state index contributed by atoms with van der Waals surface area (Å²) in [6.45, 7) is 4.43. The molecule has 5 nitrogen and oxygen atoms in total. The first-order valence-electron chi connectivity index (χ1n) is 5.08. The zero-order chi connectivity index (χ0) is 12.1. The van der Waals surface area contributed by atoms with Crippen molar-refractivity contribution in [2.24, 2.45) is 0 Å². The van der Waals surface area contributed by atoms with Gasteiger partial charge >= 0.3 is 5.97 Å². The molecule has 16 heavy (non-hydrogen) atoms. The molecular weight excluding hydrogens is 232 g/mol. The van der Waals surface area contributed by atoms with E-state index in [0.29, 0.717) is 24.6 Å². The summed E-state index contributed by atoms with van der Waals surface area (Å²) in [5.41, 5.74) is 0.741. The zero-order valence-electron chi connectivity index (χ0n) is 9.31. The highest BCUT2D eigenvalue weighted by Crippen LogP contribution is 2.12. The number of hydrogen-bond acceptors (Lipinski definition) is 3. The molecule has 0 fully saturated rings. The van der Waals surface area contributed by atoms with E-state index in [2.05, 4.69) is 5.10 Å². The molecule has 1 atom stereocenters. The highest BCUT2D eigenvalue weighted by Gasteiger charge is 2.17. The van der Waals surface area contributed by atoms with Gasteiger partial charge < -0.3 is 9.84 Å². The highest BCUT2D eigenvalue weighted by molar-refractivity contribution is 6.31. The van der Waals surface area contributed by atoms with Gasteiger partial charge in [-0.15, -0.1) is 0 Å². The van der Waals surface area contributed by atoms with Crippen LogP contribution in [0.15, 0.2) is 6.20 Å². The Morgan fingerprint density at radius 3 is 2.88 bits per heavy atom. The van der Waals surface area contributed by atoms with Crippen LogP contribution in [0.3, 0.4) is 0 Å². The number of hydrogen-bond donors (Lipinski definition) is 1. The molecule has 0 amide bonds. The van der Waals surface area contributed by atoms with E-state index in [1.54, 1.807) is 24.7 Å². The Hall–Kier alpha value is -1.07. The predicted molar refractivity (Wildman–Crippen MR) is 59.6 cm³/mol. The lowest BCUT2D eigenvalue weighted by atomic mass is 10.2. The van der Waals surface area contributed by atoms with Crippen LogP contribution in [0.1, 0.15) is 19.0 Å². The molecule has 1 unspecified atom stereocenters. The van der Waals surface area contributed by atoms with E-state index >= 15 is 0 Å². The molecule has 0 saturated heterocycles. The van der Waals surface area contributed by atoms with Crippen LogP contribution in [0.5, 0.6) is 0 Å². The summed E-state index contributed by atoms with van der Waals surface area (Å²) in [5, 5.41) is 13.6. The molecule has 6 heteroatoms. The number of aryl methyl sites for hydroxylation is 2. The Morgan fingerprint density at radius 1 is 1.75 bits per heavy atom. The molecule has 1 aromatic heterocycles. The molecule has 0 bridgehead atoms. The van der Waals surface area contributed by atoms with Gasteiger partial charge in [-0.25, -0.2) is 4.79 Å². The monoisotopic (exact) mass is 246 g/mol. The molecule has 1 rings (SSSR count). The largest absolute Gasteiger partial charge is 0.479 e. The Kier molecular flexibility index (Phi) is 4.76. The molecule has 1 N–H and O–H groups in total. The van der Waals surface area contributed by atoms with Crippen molar-refractivity contribution in [3.63, 3.8) is 0 Å². The summed E-state index contributed by atoms with van der Waals surface area (Å²) in [4.78, 5) is 10.8. The van der Waals surface area contributed by atoms with Crippen molar-refractivity contribution >= 4 is 17.6 Å². The summed E-state index contributed by atoms with van der Waals surface area (Å²) >= 11 is 5.84. The average molecular weight is 247 g/mol. The lowest BCUT2D eigenvalue weighted by Gasteiger charge is -2.11. The molecule has 1 heterocycles. The van der Waals surface area contributed by atoms with E-state index in [0.717, 1.165) is 5.69 Å². The van der Waals surface area contributed by atoms with E-state index in [9.17, 15) is 4.79 Å². The van der Waals surface area contributed by atoms with Crippen molar-refractivity contribution < 1.29 is 14.6 Å². The third-order valence-electron chi connectivity index (χ3n) is 2.15. The van der Waals surface area contributed by atoms with E-state index < -0.39 is 12.1 Å². The van der Waals surface area contributed by atoms with Crippen LogP contribution in [0.2, 0.25) is 5.02 Å². The van der Waals surface area contributed by atoms with E-state index in [1.807, 2.05) is 0 Å². The van der Waals surface area contributed by atoms with Gasteiger partial charge in [-0.2, -0.15) is 5.10 Å². The maximum atomic E-state index is 10.8. The second-order valence-electron chi connectivity index (χ2n) is 3.40. The standard InChI is InChI=1S/C10H15ClN2O3/c1-3-16-9(10(14)15)4-5-13-6-8(11)7(2)12-13/h6,9H,3-5H2,1-2H3,(H,14,15). The third-order valence-corrected chi connectivity index (χ3v) is 2.52. The first kappa shape index (κ1) is 13.0. The molecule has 0 aromatic carbocycles. The number of carboxylic acid groups (broad SMARTS) is 1. The van der Waals surface area contributed by atoms with E-state index in [-0.39, 0.29) is 0 Å². The Morgan fingerprint density at radius 2 is 2.44 bits per heavy atom. The Balaban J connectivity index is 2.51. The first-order chi connectivity index (χ1) is 7.54. The van der Waals surface area contributed by atoms with Crippen molar-refractivity contribution in [1.29, 1.82) is 0 Å². The fraction of sp³-hybridized carbons (Fsp3) is 0.600. The van der Waals surface area contributed by atoms with E-state index in [1.165, 1.54) is 0 Å². The van der Waals surface area contributed by atoms with Crippen LogP contribution >= 0.6 is 11.6 Å². The number of aromatic nitrogens is 2. The second kappa shape index (κ2) is 5.86. The molecule has 0 aliphatic heterocycles. The van der Waals surface area contributed by atoms with Crippen LogP contribution in [0, 0.1) is 6.92 Å². The Bertz CT molecular complexity index is 345. The highest BCUT2D eigenvalue weighted by atomic mass is 35.5. The topological polar surface area (TPSA) is 64.4 Å². The predicted octanol–water partition coefficient (Wildman–Crippen LogP) is 1.72. The fourth-order valence-corrected chi connectivity index (χ4v) is 1.49. The lowest BCUT2D eigenvalue weighted by Crippen LogP contribution is -2.25. The van der Waals surface area contributed by atoms with E-state index in [4.69, 9.17) is 21.4 Å². The van der Waals surface area contributed by atoms with Crippen molar-refractivity contribution in [2.45, 2.75) is 32.9 Å². The van der Waals surface area contributed by atoms with Crippen LogP contribution in [0.4, 0.5) is 0 Å². The molecule has 0 aliphatic carbocycles. The minimum Gasteiger partial charge on any atom is -0.479 e. The maximum absolute atomic E-state index is 10.8. The molecule has 1 aromatic rings. The van der Waals surface area contributed by atoms with Gasteiger partial charge in [0.05, 0.1) is 10.7 Å². The number of ether oxygens (including phenoxy) is 1. The fourth-order valence-electron chi connectivity index (χ4n) is 1.34. The minimum atomic E-state index is -0.947. The lowest BCUT2D eigenvalue weighted by molar-refractivity contribution is -0.150. The van der Waals surface area contributed by atoms with Gasteiger partial charge in [-0.3, -0.25) is 4.68 Å². The smallest absolute Gasteiger partial charge is 0.332 e. The number of aliphatic carboxylic acids is 1. The average Bonchev–Trinajstić information content (AvgIpc) is 2.53. The summed E-state index contributed by atoms with van der Waals surface area (Å²) < 4.78 is 6.72. The van der Waals surface area contributed by atoms with Gasteiger partial charge in [0.2, 0.25) is 0 Å². The van der Waals surface area contributed by atoms with Crippen LogP contribution in [-0.4, -0.2) is 33.6 Å². The van der Waals surface area contributed by atoms with Crippen LogP contribution in [-0.2, 0) is 16.1 Å². The summed E-state index contributed by atoms with van der Waals surface area (Å²) in [6, 6.07) is 0. The number of rotatable bonds is 6. The van der Waals surface area contributed by atoms with Gasteiger partial charge in [-0.05, 0) is 13.8 Å². The zero-order valence-corrected chi connectivity index (χ0v) is 10.1. The SMILES string of the molecule is CCOC(CCn1cc(Cl)c(C)n1)C(=O)O. The third kappa shape index (κ3) is 3.50. The number of halogens is 1. The Labute approximate surface area is 99.0 Å². The molecule has 0 aliphatic rings. The van der Waals surface area contributed by atoms with Gasteiger partial charge in [0.15, 0.2) is 6.10 Å². The summed E-state index contributed by atoms with van der Waals surface area (Å²) in [7, 11) is 0. The first-order valence-corrected chi connectivity index (χ1v) is 5.46. The quantitative estimate of drug-likeness (QED) is 0.830. The molecule has 0 saturated carbocycles. The van der Waals surface area contributed by atoms with Crippen molar-refractivity contribution in [1.82, 2.24) is 9.78 Å². The number of carboxylic acids is 1.